The molecule has 4 nitrogen and oxygen atoms in total. The van der Waals surface area contributed by atoms with Gasteiger partial charge in [0, 0.05) is 13.1 Å². The Bertz CT molecular complexity index is 443. The number of halogens is 1. The Labute approximate surface area is 112 Å². The molecule has 0 bridgehead atoms. The molecule has 1 aliphatic rings. The third-order valence-corrected chi connectivity index (χ3v) is 3.08. The van der Waals surface area contributed by atoms with E-state index in [2.05, 4.69) is 5.32 Å². The lowest BCUT2D eigenvalue weighted by Crippen LogP contribution is -2.49. The summed E-state index contributed by atoms with van der Waals surface area (Å²) in [5, 5.41) is 2.83. The molecule has 1 amide bonds. The second-order valence-electron chi connectivity index (χ2n) is 4.89. The number of hydrogen-bond acceptors (Lipinski definition) is 3. The first-order valence-electron chi connectivity index (χ1n) is 6.48. The third kappa shape index (κ3) is 3.67. The maximum absolute atomic E-state index is 13.4. The predicted molar refractivity (Wildman–Crippen MR) is 71.5 cm³/mol. The Morgan fingerprint density at radius 1 is 1.37 bits per heavy atom. The summed E-state index contributed by atoms with van der Waals surface area (Å²) in [5.74, 6) is -0.385. The molecule has 1 heterocycles. The van der Waals surface area contributed by atoms with Gasteiger partial charge < -0.3 is 15.0 Å². The second-order valence-corrected chi connectivity index (χ2v) is 4.89. The molecule has 2 rings (SSSR count). The van der Waals surface area contributed by atoms with Crippen molar-refractivity contribution in [1.82, 2.24) is 4.90 Å². The number of carbonyl (C=O) groups is 1. The van der Waals surface area contributed by atoms with E-state index in [0.717, 1.165) is 0 Å². The van der Waals surface area contributed by atoms with Gasteiger partial charge >= 0.3 is 0 Å². The summed E-state index contributed by atoms with van der Waals surface area (Å²) in [6, 6.07) is 6.33. The van der Waals surface area contributed by atoms with Crippen LogP contribution in [-0.2, 0) is 9.53 Å². The molecule has 1 fully saturated rings. The molecule has 2 unspecified atom stereocenters. The average Bonchev–Trinajstić information content (AvgIpc) is 2.36. The molecule has 1 saturated heterocycles. The Morgan fingerprint density at radius 3 is 2.63 bits per heavy atom. The zero-order valence-electron chi connectivity index (χ0n) is 11.2. The average molecular weight is 266 g/mol. The van der Waals surface area contributed by atoms with Gasteiger partial charge in [-0.15, -0.1) is 0 Å². The summed E-state index contributed by atoms with van der Waals surface area (Å²) in [4.78, 5) is 13.8. The highest BCUT2D eigenvalue weighted by Gasteiger charge is 2.25. The maximum atomic E-state index is 13.4. The number of carbonyl (C=O) groups excluding carboxylic acids is 1. The number of hydrogen-bond donors (Lipinski definition) is 1. The molecule has 0 aliphatic carbocycles. The number of benzene rings is 1. The highest BCUT2D eigenvalue weighted by molar-refractivity contribution is 5.81. The monoisotopic (exact) mass is 266 g/mol. The van der Waals surface area contributed by atoms with Crippen LogP contribution in [0.15, 0.2) is 24.3 Å². The van der Waals surface area contributed by atoms with Crippen molar-refractivity contribution < 1.29 is 13.9 Å². The van der Waals surface area contributed by atoms with Gasteiger partial charge in [0.25, 0.3) is 0 Å². The van der Waals surface area contributed by atoms with Crippen molar-refractivity contribution in [1.29, 1.82) is 0 Å². The second kappa shape index (κ2) is 6.02. The fourth-order valence-electron chi connectivity index (χ4n) is 2.27. The Hall–Kier alpha value is -1.62. The fraction of sp³-hybridized carbons (Fsp3) is 0.500. The third-order valence-electron chi connectivity index (χ3n) is 3.08. The largest absolute Gasteiger partial charge is 0.374 e. The van der Waals surface area contributed by atoms with Gasteiger partial charge in [0.05, 0.1) is 24.4 Å². The van der Waals surface area contributed by atoms with Crippen molar-refractivity contribution >= 4 is 11.6 Å². The number of amides is 1. The Morgan fingerprint density at radius 2 is 2.00 bits per heavy atom. The van der Waals surface area contributed by atoms with E-state index in [1.165, 1.54) is 6.07 Å². The van der Waals surface area contributed by atoms with Crippen LogP contribution < -0.4 is 5.32 Å². The standard InChI is InChI=1S/C14H19FN2O2/c1-10-8-17(9-11(2)19-10)14(18)7-16-13-6-4-3-5-12(13)15/h3-6,10-11,16H,7-9H2,1-2H3. The normalized spacial score (nSPS) is 23.2. The SMILES string of the molecule is CC1CN(C(=O)CNc2ccccc2F)CC(C)O1. The summed E-state index contributed by atoms with van der Waals surface area (Å²) < 4.78 is 19.0. The van der Waals surface area contributed by atoms with E-state index < -0.39 is 0 Å². The van der Waals surface area contributed by atoms with Gasteiger partial charge in [-0.05, 0) is 26.0 Å². The van der Waals surface area contributed by atoms with E-state index in [-0.39, 0.29) is 30.5 Å². The highest BCUT2D eigenvalue weighted by Crippen LogP contribution is 2.13. The van der Waals surface area contributed by atoms with Crippen molar-refractivity contribution in [3.05, 3.63) is 30.1 Å². The van der Waals surface area contributed by atoms with Crippen molar-refractivity contribution in [3.8, 4) is 0 Å². The lowest BCUT2D eigenvalue weighted by Gasteiger charge is -2.35. The van der Waals surface area contributed by atoms with E-state index in [1.54, 1.807) is 23.1 Å². The first-order valence-corrected chi connectivity index (χ1v) is 6.48. The molecule has 2 atom stereocenters. The van der Waals surface area contributed by atoms with Gasteiger partial charge in [0.15, 0.2) is 0 Å². The molecule has 5 heteroatoms. The molecule has 104 valence electrons. The minimum absolute atomic E-state index is 0.0368. The number of para-hydroxylation sites is 1. The summed E-state index contributed by atoms with van der Waals surface area (Å²) in [6.07, 6.45) is 0.0855. The molecule has 1 aromatic rings. The van der Waals surface area contributed by atoms with E-state index in [0.29, 0.717) is 18.8 Å². The fourth-order valence-corrected chi connectivity index (χ4v) is 2.27. The molecule has 1 aliphatic heterocycles. The van der Waals surface area contributed by atoms with Crippen LogP contribution in [-0.4, -0.2) is 42.6 Å². The lowest BCUT2D eigenvalue weighted by molar-refractivity contribution is -0.141. The molecular weight excluding hydrogens is 247 g/mol. The number of morpholine rings is 1. The van der Waals surface area contributed by atoms with E-state index >= 15 is 0 Å². The number of nitrogens with one attached hydrogen (secondary N) is 1. The van der Waals surface area contributed by atoms with Gasteiger partial charge in [0.1, 0.15) is 5.82 Å². The van der Waals surface area contributed by atoms with Crippen molar-refractivity contribution in [2.75, 3.05) is 25.0 Å². The summed E-state index contributed by atoms with van der Waals surface area (Å²) in [7, 11) is 0. The number of ether oxygens (including phenoxy) is 1. The molecule has 0 radical (unpaired) electrons. The quantitative estimate of drug-likeness (QED) is 0.908. The van der Waals surface area contributed by atoms with Gasteiger partial charge in [-0.2, -0.15) is 0 Å². The van der Waals surface area contributed by atoms with Crippen LogP contribution in [0.25, 0.3) is 0 Å². The van der Waals surface area contributed by atoms with Gasteiger partial charge in [-0.1, -0.05) is 12.1 Å². The van der Waals surface area contributed by atoms with Crippen molar-refractivity contribution in [3.63, 3.8) is 0 Å². The van der Waals surface area contributed by atoms with Gasteiger partial charge in [-0.3, -0.25) is 4.79 Å². The zero-order chi connectivity index (χ0) is 13.8. The Kier molecular flexibility index (Phi) is 4.37. The van der Waals surface area contributed by atoms with Crippen LogP contribution in [0, 0.1) is 5.82 Å². The summed E-state index contributed by atoms with van der Waals surface area (Å²) in [5.41, 5.74) is 0.352. The number of nitrogens with zero attached hydrogens (tertiary/aromatic N) is 1. The van der Waals surface area contributed by atoms with Crippen molar-refractivity contribution in [2.24, 2.45) is 0 Å². The Balaban J connectivity index is 1.89. The number of rotatable bonds is 3. The van der Waals surface area contributed by atoms with Gasteiger partial charge in [0.2, 0.25) is 5.91 Å². The molecule has 19 heavy (non-hydrogen) atoms. The van der Waals surface area contributed by atoms with E-state index in [4.69, 9.17) is 4.74 Å². The highest BCUT2D eigenvalue weighted by atomic mass is 19.1. The van der Waals surface area contributed by atoms with Gasteiger partial charge in [-0.25, -0.2) is 4.39 Å². The predicted octanol–water partition coefficient (Wildman–Crippen LogP) is 1.87. The zero-order valence-corrected chi connectivity index (χ0v) is 11.2. The van der Waals surface area contributed by atoms with Crippen LogP contribution in [0.4, 0.5) is 10.1 Å². The minimum atomic E-state index is -0.348. The minimum Gasteiger partial charge on any atom is -0.374 e. The first-order chi connectivity index (χ1) is 9.06. The smallest absolute Gasteiger partial charge is 0.242 e. The molecule has 0 aromatic heterocycles. The maximum Gasteiger partial charge on any atom is 0.242 e. The first kappa shape index (κ1) is 13.8. The van der Waals surface area contributed by atoms with Crippen LogP contribution in [0.2, 0.25) is 0 Å². The molecule has 1 N–H and O–H groups in total. The van der Waals surface area contributed by atoms with Crippen LogP contribution in [0.5, 0.6) is 0 Å². The molecular formula is C14H19FN2O2. The molecule has 0 saturated carbocycles. The summed E-state index contributed by atoms with van der Waals surface area (Å²) in [6.45, 7) is 5.16. The van der Waals surface area contributed by atoms with Crippen molar-refractivity contribution in [2.45, 2.75) is 26.1 Å². The van der Waals surface area contributed by atoms with E-state index in [9.17, 15) is 9.18 Å². The number of anilines is 1. The van der Waals surface area contributed by atoms with E-state index in [1.807, 2.05) is 13.8 Å². The van der Waals surface area contributed by atoms with Crippen LogP contribution >= 0.6 is 0 Å². The van der Waals surface area contributed by atoms with Crippen LogP contribution in [0.1, 0.15) is 13.8 Å². The topological polar surface area (TPSA) is 41.6 Å². The molecule has 1 aromatic carbocycles. The summed E-state index contributed by atoms with van der Waals surface area (Å²) >= 11 is 0. The van der Waals surface area contributed by atoms with Crippen LogP contribution in [0.3, 0.4) is 0 Å². The lowest BCUT2D eigenvalue weighted by atomic mass is 10.2. The molecule has 0 spiro atoms.